The molecule has 0 amide bonds. The maximum absolute atomic E-state index is 10.6. The summed E-state index contributed by atoms with van der Waals surface area (Å²) in [5.74, 6) is 6.07. The highest BCUT2D eigenvalue weighted by Crippen LogP contribution is 2.43. The average Bonchev–Trinajstić information content (AvgIpc) is 2.78. The number of nitrogens with zero attached hydrogens (tertiary/aromatic N) is 1. The van der Waals surface area contributed by atoms with E-state index in [0.29, 0.717) is 5.69 Å². The van der Waals surface area contributed by atoms with Crippen LogP contribution in [0.25, 0.3) is 11.1 Å². The number of anilines is 3. The molecule has 32 heavy (non-hydrogen) atoms. The van der Waals surface area contributed by atoms with E-state index in [1.165, 1.54) is 12.1 Å². The SMILES string of the molecule is CC#Cc1ccc(-c2ccc(N(c3ccc(O)cc3C)c3ccc(O)cc3O)cc2)cc1. The first kappa shape index (κ1) is 20.9. The molecule has 0 unspecified atom stereocenters. The fourth-order valence-corrected chi connectivity index (χ4v) is 3.69. The van der Waals surface area contributed by atoms with E-state index in [1.54, 1.807) is 24.3 Å². The molecule has 4 aromatic rings. The van der Waals surface area contributed by atoms with Crippen LogP contribution < -0.4 is 4.90 Å². The first-order chi connectivity index (χ1) is 15.5. The molecule has 0 spiro atoms. The normalized spacial score (nSPS) is 10.3. The molecule has 4 rings (SSSR count). The molecule has 0 saturated carbocycles. The number of aryl methyl sites for hydroxylation is 1. The van der Waals surface area contributed by atoms with Crippen LogP contribution in [0.15, 0.2) is 84.9 Å². The maximum Gasteiger partial charge on any atom is 0.143 e. The summed E-state index contributed by atoms with van der Waals surface area (Å²) in [5.41, 5.74) is 6.11. The quantitative estimate of drug-likeness (QED) is 0.324. The van der Waals surface area contributed by atoms with Crippen LogP contribution in [0.1, 0.15) is 18.1 Å². The van der Waals surface area contributed by atoms with Gasteiger partial charge in [0.05, 0.1) is 5.69 Å². The van der Waals surface area contributed by atoms with E-state index in [4.69, 9.17) is 0 Å². The van der Waals surface area contributed by atoms with Gasteiger partial charge in [-0.3, -0.25) is 0 Å². The van der Waals surface area contributed by atoms with Crippen LogP contribution in [-0.2, 0) is 0 Å². The summed E-state index contributed by atoms with van der Waals surface area (Å²) in [5, 5.41) is 30.2. The molecule has 0 aliphatic rings. The molecule has 4 nitrogen and oxygen atoms in total. The lowest BCUT2D eigenvalue weighted by atomic mass is 10.0. The summed E-state index contributed by atoms with van der Waals surface area (Å²) in [6.45, 7) is 3.72. The van der Waals surface area contributed by atoms with Gasteiger partial charge in [0.25, 0.3) is 0 Å². The minimum Gasteiger partial charge on any atom is -0.508 e. The van der Waals surface area contributed by atoms with E-state index in [-0.39, 0.29) is 17.2 Å². The minimum absolute atomic E-state index is 0.0137. The third-order valence-corrected chi connectivity index (χ3v) is 5.23. The van der Waals surface area contributed by atoms with Crippen LogP contribution in [0.2, 0.25) is 0 Å². The molecule has 0 aromatic heterocycles. The largest absolute Gasteiger partial charge is 0.508 e. The van der Waals surface area contributed by atoms with Gasteiger partial charge in [-0.25, -0.2) is 0 Å². The first-order valence-electron chi connectivity index (χ1n) is 10.2. The Hall–Kier alpha value is -4.36. The molecule has 0 saturated heterocycles. The highest BCUT2D eigenvalue weighted by molar-refractivity contribution is 5.83. The Morgan fingerprint density at radius 1 is 0.656 bits per heavy atom. The third-order valence-electron chi connectivity index (χ3n) is 5.23. The monoisotopic (exact) mass is 421 g/mol. The Labute approximate surface area is 187 Å². The van der Waals surface area contributed by atoms with Crippen molar-refractivity contribution in [3.8, 4) is 40.2 Å². The molecular weight excluding hydrogens is 398 g/mol. The number of benzene rings is 4. The fourth-order valence-electron chi connectivity index (χ4n) is 3.69. The second-order valence-electron chi connectivity index (χ2n) is 7.48. The van der Waals surface area contributed by atoms with Gasteiger partial charge in [0.15, 0.2) is 0 Å². The summed E-state index contributed by atoms with van der Waals surface area (Å²) < 4.78 is 0. The smallest absolute Gasteiger partial charge is 0.143 e. The van der Waals surface area contributed by atoms with Gasteiger partial charge in [-0.05, 0) is 85.1 Å². The Balaban J connectivity index is 1.78. The molecule has 0 aliphatic heterocycles. The molecule has 0 aliphatic carbocycles. The molecular formula is C28H23NO3. The van der Waals surface area contributed by atoms with Crippen molar-refractivity contribution in [1.82, 2.24) is 0 Å². The number of phenolic OH excluding ortho intramolecular Hbond substituents is 3. The highest BCUT2D eigenvalue weighted by Gasteiger charge is 2.18. The lowest BCUT2D eigenvalue weighted by Crippen LogP contribution is -2.11. The van der Waals surface area contributed by atoms with Crippen molar-refractivity contribution >= 4 is 17.1 Å². The summed E-state index contributed by atoms with van der Waals surface area (Å²) in [6.07, 6.45) is 0. The van der Waals surface area contributed by atoms with Gasteiger partial charge < -0.3 is 20.2 Å². The summed E-state index contributed by atoms with van der Waals surface area (Å²) in [7, 11) is 0. The third kappa shape index (κ3) is 4.23. The van der Waals surface area contributed by atoms with Crippen LogP contribution in [0, 0.1) is 18.8 Å². The second-order valence-corrected chi connectivity index (χ2v) is 7.48. The van der Waals surface area contributed by atoms with Crippen molar-refractivity contribution in [2.45, 2.75) is 13.8 Å². The Morgan fingerprint density at radius 2 is 1.22 bits per heavy atom. The van der Waals surface area contributed by atoms with Gasteiger partial charge in [0.2, 0.25) is 0 Å². The fraction of sp³-hybridized carbons (Fsp3) is 0.0714. The van der Waals surface area contributed by atoms with E-state index in [0.717, 1.165) is 33.6 Å². The van der Waals surface area contributed by atoms with Gasteiger partial charge in [-0.15, -0.1) is 5.92 Å². The van der Waals surface area contributed by atoms with Gasteiger partial charge in [0, 0.05) is 23.0 Å². The van der Waals surface area contributed by atoms with Gasteiger partial charge in [-0.2, -0.15) is 0 Å². The molecule has 0 atom stereocenters. The van der Waals surface area contributed by atoms with Crippen LogP contribution >= 0.6 is 0 Å². The van der Waals surface area contributed by atoms with Crippen LogP contribution in [0.3, 0.4) is 0 Å². The standard InChI is InChI=1S/C28H23NO3/c1-3-4-20-5-7-21(8-6-20)22-9-11-23(12-10-22)29(26-15-13-24(30)17-19(26)2)27-16-14-25(31)18-28(27)32/h5-18,30-32H,1-2H3. The maximum atomic E-state index is 10.6. The van der Waals surface area contributed by atoms with Crippen LogP contribution in [0.5, 0.6) is 17.2 Å². The zero-order valence-electron chi connectivity index (χ0n) is 17.9. The Morgan fingerprint density at radius 3 is 1.78 bits per heavy atom. The molecule has 0 bridgehead atoms. The summed E-state index contributed by atoms with van der Waals surface area (Å²) >= 11 is 0. The second kappa shape index (κ2) is 8.79. The summed E-state index contributed by atoms with van der Waals surface area (Å²) in [4.78, 5) is 1.90. The molecule has 0 heterocycles. The number of hydrogen-bond donors (Lipinski definition) is 3. The molecule has 4 aromatic carbocycles. The van der Waals surface area contributed by atoms with Crippen molar-refractivity contribution in [3.63, 3.8) is 0 Å². The van der Waals surface area contributed by atoms with Gasteiger partial charge >= 0.3 is 0 Å². The van der Waals surface area contributed by atoms with Gasteiger partial charge in [-0.1, -0.05) is 30.2 Å². The van der Waals surface area contributed by atoms with E-state index >= 15 is 0 Å². The number of aromatic hydroxyl groups is 3. The first-order valence-corrected chi connectivity index (χ1v) is 10.2. The van der Waals surface area contributed by atoms with Crippen molar-refractivity contribution in [2.24, 2.45) is 0 Å². The van der Waals surface area contributed by atoms with Crippen molar-refractivity contribution < 1.29 is 15.3 Å². The average molecular weight is 421 g/mol. The predicted molar refractivity (Wildman–Crippen MR) is 129 cm³/mol. The summed E-state index contributed by atoms with van der Waals surface area (Å²) in [6, 6.07) is 25.7. The predicted octanol–water partition coefficient (Wildman–Crippen LogP) is 6.62. The van der Waals surface area contributed by atoms with Crippen LogP contribution in [-0.4, -0.2) is 15.3 Å². The lowest BCUT2D eigenvalue weighted by Gasteiger charge is -2.28. The molecule has 0 fully saturated rings. The zero-order valence-corrected chi connectivity index (χ0v) is 17.9. The molecule has 4 heteroatoms. The zero-order chi connectivity index (χ0) is 22.7. The highest BCUT2D eigenvalue weighted by atomic mass is 16.3. The topological polar surface area (TPSA) is 63.9 Å². The Bertz CT molecular complexity index is 1260. The van der Waals surface area contributed by atoms with E-state index in [2.05, 4.69) is 11.8 Å². The Kier molecular flexibility index (Phi) is 5.74. The van der Waals surface area contributed by atoms with E-state index < -0.39 is 0 Å². The van der Waals surface area contributed by atoms with Gasteiger partial charge in [0.1, 0.15) is 17.2 Å². The number of phenols is 3. The van der Waals surface area contributed by atoms with Crippen molar-refractivity contribution in [1.29, 1.82) is 0 Å². The van der Waals surface area contributed by atoms with Crippen molar-refractivity contribution in [2.75, 3.05) is 4.90 Å². The van der Waals surface area contributed by atoms with Crippen molar-refractivity contribution in [3.05, 3.63) is 96.1 Å². The number of hydrogen-bond acceptors (Lipinski definition) is 4. The molecule has 158 valence electrons. The van der Waals surface area contributed by atoms with E-state index in [9.17, 15) is 15.3 Å². The molecule has 0 radical (unpaired) electrons. The number of rotatable bonds is 4. The minimum atomic E-state index is -0.0471. The van der Waals surface area contributed by atoms with Crippen LogP contribution in [0.4, 0.5) is 17.1 Å². The van der Waals surface area contributed by atoms with E-state index in [1.807, 2.05) is 67.3 Å². The lowest BCUT2D eigenvalue weighted by molar-refractivity contribution is 0.451. The molecule has 3 N–H and O–H groups in total.